The van der Waals surface area contributed by atoms with Gasteiger partial charge in [-0.2, -0.15) is 13.2 Å². The molecule has 0 aliphatic rings. The Labute approximate surface area is 123 Å². The second-order valence-electron chi connectivity index (χ2n) is 4.63. The van der Waals surface area contributed by atoms with E-state index >= 15 is 0 Å². The predicted octanol–water partition coefficient (Wildman–Crippen LogP) is 2.11. The Balaban J connectivity index is 2.53. The van der Waals surface area contributed by atoms with Gasteiger partial charge in [0.2, 0.25) is 0 Å². The number of methoxy groups -OCH3 is 1. The third-order valence-electron chi connectivity index (χ3n) is 3.30. The summed E-state index contributed by atoms with van der Waals surface area (Å²) in [6.45, 7) is 0. The number of nitrogens with one attached hydrogen (secondary N) is 1. The first-order valence-corrected chi connectivity index (χ1v) is 6.27. The average Bonchev–Trinajstić information content (AvgIpc) is 2.74. The van der Waals surface area contributed by atoms with Crippen LogP contribution in [-0.2, 0) is 24.4 Å². The molecule has 5 nitrogen and oxygen atoms in total. The topological polar surface area (TPSA) is 64.1 Å². The van der Waals surface area contributed by atoms with E-state index in [0.717, 1.165) is 17.7 Å². The van der Waals surface area contributed by atoms with Gasteiger partial charge in [-0.15, -0.1) is 0 Å². The highest BCUT2D eigenvalue weighted by Crippen LogP contribution is 2.32. The molecular formula is C14H13F3N2O3. The van der Waals surface area contributed by atoms with E-state index < -0.39 is 23.4 Å². The summed E-state index contributed by atoms with van der Waals surface area (Å²) in [5.41, 5.74) is -1.45. The first kappa shape index (κ1) is 15.9. The standard InChI is InChI=1S/C14H13F3N2O3/c1-19-10(11(12(20)22-2)18-13(19)21)7-8-5-3-4-6-9(8)14(15,16)17/h3-6H,7H2,1-2H3,(H,18,21). The van der Waals surface area contributed by atoms with Crippen LogP contribution in [0, 0.1) is 0 Å². The lowest BCUT2D eigenvalue weighted by Crippen LogP contribution is -2.16. The Hall–Kier alpha value is -2.51. The first-order valence-electron chi connectivity index (χ1n) is 6.27. The number of nitrogens with zero attached hydrogens (tertiary/aromatic N) is 1. The number of halogens is 3. The highest BCUT2D eigenvalue weighted by Gasteiger charge is 2.33. The minimum Gasteiger partial charge on any atom is -0.464 e. The minimum atomic E-state index is -4.52. The van der Waals surface area contributed by atoms with Crippen LogP contribution in [0.5, 0.6) is 0 Å². The SMILES string of the molecule is COC(=O)c1[nH]c(=O)n(C)c1Cc1ccccc1C(F)(F)F. The third kappa shape index (κ3) is 2.90. The van der Waals surface area contributed by atoms with Crippen molar-refractivity contribution in [2.75, 3.05) is 7.11 Å². The van der Waals surface area contributed by atoms with Crippen molar-refractivity contribution in [3.05, 3.63) is 57.3 Å². The van der Waals surface area contributed by atoms with E-state index in [2.05, 4.69) is 9.72 Å². The molecule has 0 saturated carbocycles. The minimum absolute atomic E-state index is 0.0326. The normalized spacial score (nSPS) is 11.5. The first-order chi connectivity index (χ1) is 10.3. The van der Waals surface area contributed by atoms with E-state index in [0.29, 0.717) is 0 Å². The molecule has 8 heteroatoms. The van der Waals surface area contributed by atoms with Crippen molar-refractivity contribution >= 4 is 5.97 Å². The van der Waals surface area contributed by atoms with Gasteiger partial charge >= 0.3 is 17.8 Å². The van der Waals surface area contributed by atoms with Crippen molar-refractivity contribution < 1.29 is 22.7 Å². The van der Waals surface area contributed by atoms with Gasteiger partial charge in [0, 0.05) is 13.5 Å². The molecule has 0 aliphatic carbocycles. The summed E-state index contributed by atoms with van der Waals surface area (Å²) < 4.78 is 44.7. The van der Waals surface area contributed by atoms with Crippen LogP contribution in [0.15, 0.2) is 29.1 Å². The van der Waals surface area contributed by atoms with Gasteiger partial charge in [0.1, 0.15) is 5.69 Å². The molecule has 0 spiro atoms. The molecule has 0 radical (unpaired) electrons. The number of alkyl halides is 3. The second-order valence-corrected chi connectivity index (χ2v) is 4.63. The van der Waals surface area contributed by atoms with E-state index in [-0.39, 0.29) is 23.4 Å². The Kier molecular flexibility index (Phi) is 4.11. The van der Waals surface area contributed by atoms with Gasteiger partial charge in [0.05, 0.1) is 18.4 Å². The number of carbonyl (C=O) groups excluding carboxylic acids is 1. The van der Waals surface area contributed by atoms with Gasteiger partial charge in [-0.1, -0.05) is 18.2 Å². The Bertz CT molecular complexity index is 759. The van der Waals surface area contributed by atoms with Crippen molar-refractivity contribution in [1.82, 2.24) is 9.55 Å². The maximum Gasteiger partial charge on any atom is 0.416 e. The lowest BCUT2D eigenvalue weighted by molar-refractivity contribution is -0.138. The fourth-order valence-electron chi connectivity index (χ4n) is 2.16. The van der Waals surface area contributed by atoms with Crippen LogP contribution in [0.4, 0.5) is 13.2 Å². The highest BCUT2D eigenvalue weighted by molar-refractivity contribution is 5.88. The van der Waals surface area contributed by atoms with Gasteiger partial charge in [-0.05, 0) is 11.6 Å². The number of esters is 1. The lowest BCUT2D eigenvalue weighted by atomic mass is 10.0. The number of imidazole rings is 1. The molecule has 0 unspecified atom stereocenters. The number of aromatic amines is 1. The summed E-state index contributed by atoms with van der Waals surface area (Å²) in [5.74, 6) is -0.808. The smallest absolute Gasteiger partial charge is 0.416 e. The van der Waals surface area contributed by atoms with Crippen molar-refractivity contribution in [2.45, 2.75) is 12.6 Å². The molecule has 0 fully saturated rings. The van der Waals surface area contributed by atoms with Gasteiger partial charge in [0.25, 0.3) is 0 Å². The molecule has 0 saturated heterocycles. The summed E-state index contributed by atoms with van der Waals surface area (Å²) in [4.78, 5) is 25.6. The number of hydrogen-bond acceptors (Lipinski definition) is 3. The zero-order chi connectivity index (χ0) is 16.5. The van der Waals surface area contributed by atoms with Gasteiger partial charge < -0.3 is 4.74 Å². The maximum absolute atomic E-state index is 13.0. The van der Waals surface area contributed by atoms with E-state index in [9.17, 15) is 22.8 Å². The molecule has 22 heavy (non-hydrogen) atoms. The number of H-pyrrole nitrogens is 1. The van der Waals surface area contributed by atoms with Gasteiger partial charge in [-0.3, -0.25) is 9.55 Å². The van der Waals surface area contributed by atoms with Crippen molar-refractivity contribution in [3.63, 3.8) is 0 Å². The van der Waals surface area contributed by atoms with Crippen LogP contribution in [0.1, 0.15) is 27.3 Å². The number of ether oxygens (including phenoxy) is 1. The van der Waals surface area contributed by atoms with E-state index in [1.54, 1.807) is 0 Å². The van der Waals surface area contributed by atoms with Crippen LogP contribution >= 0.6 is 0 Å². The average molecular weight is 314 g/mol. The molecule has 0 bridgehead atoms. The summed E-state index contributed by atoms with van der Waals surface area (Å²) in [6.07, 6.45) is -4.74. The van der Waals surface area contributed by atoms with E-state index in [1.807, 2.05) is 0 Å². The lowest BCUT2D eigenvalue weighted by Gasteiger charge is -2.13. The summed E-state index contributed by atoms with van der Waals surface area (Å²) in [7, 11) is 2.50. The number of hydrogen-bond donors (Lipinski definition) is 1. The van der Waals surface area contributed by atoms with Crippen LogP contribution in [0.3, 0.4) is 0 Å². The van der Waals surface area contributed by atoms with Crippen molar-refractivity contribution in [1.29, 1.82) is 0 Å². The molecule has 0 amide bonds. The van der Waals surface area contributed by atoms with E-state index in [4.69, 9.17) is 0 Å². The molecule has 0 aliphatic heterocycles. The predicted molar refractivity (Wildman–Crippen MR) is 71.6 cm³/mol. The molecule has 0 atom stereocenters. The monoisotopic (exact) mass is 314 g/mol. The molecule has 1 aromatic carbocycles. The van der Waals surface area contributed by atoms with Crippen LogP contribution < -0.4 is 5.69 Å². The van der Waals surface area contributed by atoms with Crippen LogP contribution in [0.2, 0.25) is 0 Å². The number of rotatable bonds is 3. The number of aromatic nitrogens is 2. The van der Waals surface area contributed by atoms with Gasteiger partial charge in [0.15, 0.2) is 0 Å². The molecule has 2 rings (SSSR count). The van der Waals surface area contributed by atoms with Crippen molar-refractivity contribution in [2.24, 2.45) is 7.05 Å². The third-order valence-corrected chi connectivity index (χ3v) is 3.30. The molecule has 1 aromatic heterocycles. The fraction of sp³-hybridized carbons (Fsp3) is 0.286. The maximum atomic E-state index is 13.0. The number of benzene rings is 1. The number of carbonyl (C=O) groups is 1. The summed E-state index contributed by atoms with van der Waals surface area (Å²) in [6, 6.07) is 5.01. The quantitative estimate of drug-likeness (QED) is 0.883. The van der Waals surface area contributed by atoms with Crippen molar-refractivity contribution in [3.8, 4) is 0 Å². The molecular weight excluding hydrogens is 301 g/mol. The van der Waals surface area contributed by atoms with E-state index in [1.165, 1.54) is 25.2 Å². The Morgan fingerprint density at radius 3 is 2.55 bits per heavy atom. The second kappa shape index (κ2) is 5.70. The summed E-state index contributed by atoms with van der Waals surface area (Å²) >= 11 is 0. The largest absolute Gasteiger partial charge is 0.464 e. The van der Waals surface area contributed by atoms with Crippen LogP contribution in [-0.4, -0.2) is 22.6 Å². The zero-order valence-corrected chi connectivity index (χ0v) is 11.8. The Morgan fingerprint density at radius 2 is 1.95 bits per heavy atom. The molecule has 1 heterocycles. The van der Waals surface area contributed by atoms with Gasteiger partial charge in [-0.25, -0.2) is 9.59 Å². The fourth-order valence-corrected chi connectivity index (χ4v) is 2.16. The molecule has 2 aromatic rings. The zero-order valence-electron chi connectivity index (χ0n) is 11.8. The summed E-state index contributed by atoms with van der Waals surface area (Å²) in [5, 5.41) is 0. The molecule has 1 N–H and O–H groups in total. The molecule has 118 valence electrons. The highest BCUT2D eigenvalue weighted by atomic mass is 19.4. The van der Waals surface area contributed by atoms with Crippen LogP contribution in [0.25, 0.3) is 0 Å². The Morgan fingerprint density at radius 1 is 1.32 bits per heavy atom.